The van der Waals surface area contributed by atoms with Gasteiger partial charge in [0.15, 0.2) is 0 Å². The van der Waals surface area contributed by atoms with Crippen molar-refractivity contribution in [2.24, 2.45) is 5.92 Å². The first-order chi connectivity index (χ1) is 6.93. The summed E-state index contributed by atoms with van der Waals surface area (Å²) in [5.41, 5.74) is 0. The van der Waals surface area contributed by atoms with E-state index in [1.807, 2.05) is 0 Å². The molecule has 1 saturated carbocycles. The van der Waals surface area contributed by atoms with Gasteiger partial charge in [0.1, 0.15) is 6.33 Å². The Balaban J connectivity index is 1.65. The largest absolute Gasteiger partial charge is 0.376 e. The number of nitrogens with one attached hydrogen (secondary N) is 1. The molecule has 1 aromatic rings. The van der Waals surface area contributed by atoms with E-state index in [-0.39, 0.29) is 0 Å². The fourth-order valence-corrected chi connectivity index (χ4v) is 2.54. The molecule has 14 heavy (non-hydrogen) atoms. The fraction of sp³-hybridized carbons (Fsp3) is 0.778. The normalized spacial score (nSPS) is 32.0. The smallest absolute Gasteiger partial charge is 0.202 e. The second-order valence-electron chi connectivity index (χ2n) is 3.96. The van der Waals surface area contributed by atoms with Crippen LogP contribution in [0.5, 0.6) is 0 Å². The second kappa shape index (κ2) is 3.47. The van der Waals surface area contributed by atoms with E-state index >= 15 is 0 Å². The third-order valence-corrected chi connectivity index (χ3v) is 3.49. The molecule has 76 valence electrons. The predicted octanol–water partition coefficient (Wildman–Crippen LogP) is 1.52. The van der Waals surface area contributed by atoms with Crippen LogP contribution in [0.15, 0.2) is 6.33 Å². The summed E-state index contributed by atoms with van der Waals surface area (Å²) in [5, 5.41) is 4.33. The van der Waals surface area contributed by atoms with Crippen LogP contribution in [0.4, 0.5) is 5.13 Å². The molecule has 2 aliphatic rings. The lowest BCUT2D eigenvalue weighted by Gasteiger charge is -2.18. The third-order valence-electron chi connectivity index (χ3n) is 2.89. The van der Waals surface area contributed by atoms with E-state index in [2.05, 4.69) is 14.7 Å². The van der Waals surface area contributed by atoms with Gasteiger partial charge in [-0.05, 0) is 25.2 Å². The van der Waals surface area contributed by atoms with Crippen molar-refractivity contribution < 1.29 is 4.74 Å². The molecular weight excluding hydrogens is 198 g/mol. The Morgan fingerprint density at radius 2 is 2.36 bits per heavy atom. The zero-order valence-electron chi connectivity index (χ0n) is 7.85. The van der Waals surface area contributed by atoms with Crippen molar-refractivity contribution in [2.45, 2.75) is 31.4 Å². The monoisotopic (exact) mass is 211 g/mol. The van der Waals surface area contributed by atoms with Gasteiger partial charge in [-0.15, -0.1) is 0 Å². The minimum Gasteiger partial charge on any atom is -0.376 e. The van der Waals surface area contributed by atoms with Gasteiger partial charge in [0.2, 0.25) is 5.13 Å². The van der Waals surface area contributed by atoms with E-state index in [1.54, 1.807) is 6.33 Å². The van der Waals surface area contributed by atoms with Crippen LogP contribution in [0, 0.1) is 5.92 Å². The molecule has 0 bridgehead atoms. The molecule has 2 atom stereocenters. The van der Waals surface area contributed by atoms with Gasteiger partial charge in [-0.25, -0.2) is 4.98 Å². The molecule has 0 amide bonds. The van der Waals surface area contributed by atoms with Gasteiger partial charge >= 0.3 is 0 Å². The zero-order chi connectivity index (χ0) is 9.38. The quantitative estimate of drug-likeness (QED) is 0.823. The number of aromatic nitrogens is 2. The van der Waals surface area contributed by atoms with Gasteiger partial charge in [-0.3, -0.25) is 0 Å². The summed E-state index contributed by atoms with van der Waals surface area (Å²) in [4.78, 5) is 4.13. The van der Waals surface area contributed by atoms with Crippen molar-refractivity contribution in [3.05, 3.63) is 6.33 Å². The molecule has 0 spiro atoms. The summed E-state index contributed by atoms with van der Waals surface area (Å²) < 4.78 is 9.71. The summed E-state index contributed by atoms with van der Waals surface area (Å²) in [5.74, 6) is 0.794. The summed E-state index contributed by atoms with van der Waals surface area (Å²) in [7, 11) is 0. The Bertz CT molecular complexity index is 299. The Morgan fingerprint density at radius 1 is 1.43 bits per heavy atom. The van der Waals surface area contributed by atoms with Crippen LogP contribution in [-0.4, -0.2) is 28.1 Å². The Morgan fingerprint density at radius 3 is 3.07 bits per heavy atom. The molecule has 0 radical (unpaired) electrons. The van der Waals surface area contributed by atoms with E-state index in [4.69, 9.17) is 4.74 Å². The van der Waals surface area contributed by atoms with Gasteiger partial charge < -0.3 is 10.1 Å². The molecule has 0 aromatic carbocycles. The van der Waals surface area contributed by atoms with Gasteiger partial charge in [0.25, 0.3) is 0 Å². The van der Waals surface area contributed by atoms with Crippen LogP contribution >= 0.6 is 11.5 Å². The standard InChI is InChI=1S/C9H13N3OS/c1-2-6(1)8-7(3-4-13-8)12-9-10-5-11-14-9/h5-8H,1-4H2,(H,10,11,12). The van der Waals surface area contributed by atoms with Crippen LogP contribution < -0.4 is 5.32 Å². The fourth-order valence-electron chi connectivity index (χ4n) is 2.05. The molecule has 3 rings (SSSR count). The highest BCUT2D eigenvalue weighted by atomic mass is 32.1. The number of ether oxygens (including phenoxy) is 1. The number of rotatable bonds is 3. The highest BCUT2D eigenvalue weighted by Gasteiger charge is 2.40. The molecule has 1 aromatic heterocycles. The molecular formula is C9H13N3OS. The van der Waals surface area contributed by atoms with Gasteiger partial charge in [0, 0.05) is 18.1 Å². The molecule has 2 unspecified atom stereocenters. The van der Waals surface area contributed by atoms with Crippen LogP contribution in [0.2, 0.25) is 0 Å². The number of nitrogens with zero attached hydrogens (tertiary/aromatic N) is 2. The Hall–Kier alpha value is -0.680. The topological polar surface area (TPSA) is 47.0 Å². The number of anilines is 1. The summed E-state index contributed by atoms with van der Waals surface area (Å²) in [6, 6.07) is 0.454. The van der Waals surface area contributed by atoms with Crippen LogP contribution in [-0.2, 0) is 4.74 Å². The van der Waals surface area contributed by atoms with Gasteiger partial charge in [0.05, 0.1) is 12.1 Å². The zero-order valence-corrected chi connectivity index (χ0v) is 8.67. The minimum atomic E-state index is 0.416. The number of hydrogen-bond donors (Lipinski definition) is 1. The van der Waals surface area contributed by atoms with Crippen molar-refractivity contribution in [3.8, 4) is 0 Å². The molecule has 1 aliphatic heterocycles. The molecule has 1 saturated heterocycles. The van der Waals surface area contributed by atoms with Crippen LogP contribution in [0.3, 0.4) is 0 Å². The maximum atomic E-state index is 5.73. The lowest BCUT2D eigenvalue weighted by molar-refractivity contribution is 0.0898. The SMILES string of the molecule is c1nsc(NC2CCOC2C2CC2)n1. The van der Waals surface area contributed by atoms with Crippen LogP contribution in [0.25, 0.3) is 0 Å². The van der Waals surface area contributed by atoms with E-state index in [9.17, 15) is 0 Å². The van der Waals surface area contributed by atoms with Crippen molar-refractivity contribution in [3.63, 3.8) is 0 Å². The third kappa shape index (κ3) is 1.62. The summed E-state index contributed by atoms with van der Waals surface area (Å²) >= 11 is 1.42. The number of hydrogen-bond acceptors (Lipinski definition) is 5. The van der Waals surface area contributed by atoms with Gasteiger partial charge in [-0.1, -0.05) is 0 Å². The highest BCUT2D eigenvalue weighted by molar-refractivity contribution is 7.09. The van der Waals surface area contributed by atoms with E-state index in [0.717, 1.165) is 24.1 Å². The first-order valence-corrected chi connectivity index (χ1v) is 5.85. The van der Waals surface area contributed by atoms with E-state index in [1.165, 1.54) is 24.4 Å². The molecule has 4 nitrogen and oxygen atoms in total. The van der Waals surface area contributed by atoms with Gasteiger partial charge in [-0.2, -0.15) is 4.37 Å². The lowest BCUT2D eigenvalue weighted by Crippen LogP contribution is -2.30. The first kappa shape index (κ1) is 8.61. The molecule has 2 fully saturated rings. The van der Waals surface area contributed by atoms with E-state index < -0.39 is 0 Å². The predicted molar refractivity (Wildman–Crippen MR) is 54.4 cm³/mol. The van der Waals surface area contributed by atoms with Crippen molar-refractivity contribution in [1.82, 2.24) is 9.36 Å². The molecule has 1 aliphatic carbocycles. The first-order valence-electron chi connectivity index (χ1n) is 5.08. The summed E-state index contributed by atoms with van der Waals surface area (Å²) in [6.07, 6.45) is 5.77. The molecule has 5 heteroatoms. The maximum absolute atomic E-state index is 5.73. The minimum absolute atomic E-state index is 0.416. The second-order valence-corrected chi connectivity index (χ2v) is 4.74. The molecule has 2 heterocycles. The maximum Gasteiger partial charge on any atom is 0.202 e. The lowest BCUT2D eigenvalue weighted by atomic mass is 10.1. The van der Waals surface area contributed by atoms with Crippen LogP contribution in [0.1, 0.15) is 19.3 Å². The highest BCUT2D eigenvalue weighted by Crippen LogP contribution is 2.39. The molecule has 1 N–H and O–H groups in total. The van der Waals surface area contributed by atoms with E-state index in [0.29, 0.717) is 12.1 Å². The van der Waals surface area contributed by atoms with Crippen molar-refractivity contribution in [1.29, 1.82) is 0 Å². The average Bonchev–Trinajstić information content (AvgIpc) is 2.74. The Kier molecular flexibility index (Phi) is 2.14. The summed E-state index contributed by atoms with van der Waals surface area (Å²) in [6.45, 7) is 0.887. The van der Waals surface area contributed by atoms with Crippen molar-refractivity contribution >= 4 is 16.7 Å². The average molecular weight is 211 g/mol. The van der Waals surface area contributed by atoms with Crippen molar-refractivity contribution in [2.75, 3.05) is 11.9 Å². The Labute approximate surface area is 86.9 Å².